The highest BCUT2D eigenvalue weighted by atomic mass is 127. The van der Waals surface area contributed by atoms with Crippen molar-refractivity contribution in [3.63, 3.8) is 0 Å². The van der Waals surface area contributed by atoms with Crippen molar-refractivity contribution in [2.45, 2.75) is 53.9 Å². The van der Waals surface area contributed by atoms with Gasteiger partial charge in [0.15, 0.2) is 0 Å². The molecule has 2 rings (SSSR count). The second-order valence-corrected chi connectivity index (χ2v) is 8.11. The van der Waals surface area contributed by atoms with E-state index in [1.807, 2.05) is 32.9 Å². The molecule has 0 spiro atoms. The first-order valence-corrected chi connectivity index (χ1v) is 10.7. The van der Waals surface area contributed by atoms with Gasteiger partial charge < -0.3 is 5.32 Å². The molecule has 0 atom stereocenters. The Hall–Kier alpha value is -1.40. The third kappa shape index (κ3) is 4.91. The second-order valence-electron chi connectivity index (χ2n) is 6.48. The van der Waals surface area contributed by atoms with Gasteiger partial charge in [-0.2, -0.15) is 0 Å². The topological polar surface area (TPSA) is 42.0 Å². The van der Waals surface area contributed by atoms with E-state index in [0.29, 0.717) is 22.7 Å². The Bertz CT molecular complexity index is 865. The molecule has 0 aliphatic rings. The number of nitrogens with one attached hydrogen (secondary N) is 1. The van der Waals surface area contributed by atoms with Crippen LogP contribution in [0.3, 0.4) is 0 Å². The van der Waals surface area contributed by atoms with Gasteiger partial charge in [-0.3, -0.25) is 9.78 Å². The van der Waals surface area contributed by atoms with Crippen LogP contribution in [0.25, 0.3) is 0 Å². The van der Waals surface area contributed by atoms with Gasteiger partial charge in [-0.25, -0.2) is 0 Å². The summed E-state index contributed by atoms with van der Waals surface area (Å²) in [5.74, 6) is -0.197. The van der Waals surface area contributed by atoms with Crippen molar-refractivity contribution >= 4 is 45.8 Å². The number of amides is 1. The van der Waals surface area contributed by atoms with Crippen molar-refractivity contribution in [1.82, 2.24) is 4.98 Å². The Balaban J connectivity index is 2.51. The minimum Gasteiger partial charge on any atom is -0.321 e. The molecule has 2 aromatic rings. The predicted molar refractivity (Wildman–Crippen MR) is 123 cm³/mol. The lowest BCUT2D eigenvalue weighted by Crippen LogP contribution is -2.18. The summed E-state index contributed by atoms with van der Waals surface area (Å²) >= 11 is 8.97. The molecule has 1 heterocycles. The molecule has 0 unspecified atom stereocenters. The van der Waals surface area contributed by atoms with Crippen LogP contribution in [-0.2, 0) is 19.3 Å². The molecule has 0 radical (unpaired) electrons. The van der Waals surface area contributed by atoms with Crippen LogP contribution in [0.2, 0.25) is 5.02 Å². The van der Waals surface area contributed by atoms with Crippen LogP contribution in [0.5, 0.6) is 0 Å². The number of hydrogen-bond donors (Lipinski definition) is 1. The van der Waals surface area contributed by atoms with Crippen LogP contribution in [0, 0.1) is 17.4 Å². The molecule has 0 bridgehead atoms. The van der Waals surface area contributed by atoms with E-state index in [0.717, 1.165) is 40.9 Å². The molecular weight excluding hydrogens is 471 g/mol. The lowest BCUT2D eigenvalue weighted by molar-refractivity contribution is 0.102. The van der Waals surface area contributed by atoms with E-state index in [9.17, 15) is 4.79 Å². The molecule has 0 saturated heterocycles. The predicted octanol–water partition coefficient (Wildman–Crippen LogP) is 6.45. The summed E-state index contributed by atoms with van der Waals surface area (Å²) < 4.78 is 1.18. The first-order chi connectivity index (χ1) is 12.8. The second kappa shape index (κ2) is 9.69. The Kier molecular flexibility index (Phi) is 7.86. The Morgan fingerprint density at radius 1 is 1.19 bits per heavy atom. The summed E-state index contributed by atoms with van der Waals surface area (Å²) in [5.41, 5.74) is 6.05. The van der Waals surface area contributed by atoms with Crippen LogP contribution in [-0.4, -0.2) is 10.9 Å². The summed E-state index contributed by atoms with van der Waals surface area (Å²) in [6.07, 6.45) is 6.37. The number of aromatic nitrogens is 1. The Morgan fingerprint density at radius 3 is 2.30 bits per heavy atom. The summed E-state index contributed by atoms with van der Waals surface area (Å²) in [4.78, 5) is 17.7. The highest BCUT2D eigenvalue weighted by Crippen LogP contribution is 2.30. The SMILES string of the molecule is CC=CCc1c(C)nc(C)c(C(=O)Nc2c(CC)cc(I)cc2CC)c1Cl. The zero-order valence-electron chi connectivity index (χ0n) is 16.5. The van der Waals surface area contributed by atoms with Crippen LogP contribution in [0.4, 0.5) is 5.69 Å². The summed E-state index contributed by atoms with van der Waals surface area (Å²) in [5, 5.41) is 3.62. The maximum Gasteiger partial charge on any atom is 0.259 e. The summed E-state index contributed by atoms with van der Waals surface area (Å²) in [6, 6.07) is 4.24. The monoisotopic (exact) mass is 496 g/mol. The van der Waals surface area contributed by atoms with Gasteiger partial charge in [-0.15, -0.1) is 0 Å². The van der Waals surface area contributed by atoms with E-state index < -0.39 is 0 Å². The van der Waals surface area contributed by atoms with E-state index in [2.05, 4.69) is 58.9 Å². The smallest absolute Gasteiger partial charge is 0.259 e. The number of hydrogen-bond acceptors (Lipinski definition) is 2. The summed E-state index contributed by atoms with van der Waals surface area (Å²) in [6.45, 7) is 9.93. The van der Waals surface area contributed by atoms with Crippen molar-refractivity contribution in [3.05, 3.63) is 66.5 Å². The van der Waals surface area contributed by atoms with Crippen molar-refractivity contribution in [2.24, 2.45) is 0 Å². The zero-order chi connectivity index (χ0) is 20.1. The van der Waals surface area contributed by atoms with Gasteiger partial charge in [0.25, 0.3) is 5.91 Å². The molecule has 5 heteroatoms. The van der Waals surface area contributed by atoms with E-state index in [1.165, 1.54) is 3.57 Å². The molecule has 0 aliphatic heterocycles. The van der Waals surface area contributed by atoms with Gasteiger partial charge in [-0.1, -0.05) is 37.6 Å². The Morgan fingerprint density at radius 2 is 1.78 bits per heavy atom. The van der Waals surface area contributed by atoms with Gasteiger partial charge in [-0.05, 0) is 91.4 Å². The number of aryl methyl sites for hydroxylation is 4. The molecule has 1 amide bonds. The fraction of sp³-hybridized carbons (Fsp3) is 0.364. The molecular formula is C22H26ClIN2O. The van der Waals surface area contributed by atoms with E-state index >= 15 is 0 Å². The first kappa shape index (κ1) is 21.9. The molecule has 0 saturated carbocycles. The zero-order valence-corrected chi connectivity index (χ0v) is 19.5. The normalized spacial score (nSPS) is 11.2. The van der Waals surface area contributed by atoms with Gasteiger partial charge in [0.05, 0.1) is 16.3 Å². The van der Waals surface area contributed by atoms with Crippen molar-refractivity contribution in [3.8, 4) is 0 Å². The molecule has 0 fully saturated rings. The molecule has 144 valence electrons. The lowest BCUT2D eigenvalue weighted by atomic mass is 10.0. The third-order valence-electron chi connectivity index (χ3n) is 4.67. The van der Waals surface area contributed by atoms with Crippen LogP contribution < -0.4 is 5.32 Å². The number of pyridine rings is 1. The number of carbonyl (C=O) groups excluding carboxylic acids is 1. The van der Waals surface area contributed by atoms with E-state index in [-0.39, 0.29) is 5.91 Å². The van der Waals surface area contributed by atoms with E-state index in [1.54, 1.807) is 0 Å². The molecule has 3 nitrogen and oxygen atoms in total. The van der Waals surface area contributed by atoms with Crippen molar-refractivity contribution in [1.29, 1.82) is 0 Å². The number of rotatable bonds is 6. The largest absolute Gasteiger partial charge is 0.321 e. The first-order valence-electron chi connectivity index (χ1n) is 9.23. The van der Waals surface area contributed by atoms with Crippen LogP contribution >= 0.6 is 34.2 Å². The van der Waals surface area contributed by atoms with Gasteiger partial charge >= 0.3 is 0 Å². The highest BCUT2D eigenvalue weighted by Gasteiger charge is 2.21. The minimum atomic E-state index is -0.197. The fourth-order valence-electron chi connectivity index (χ4n) is 3.20. The molecule has 0 aliphatic carbocycles. The van der Waals surface area contributed by atoms with Crippen LogP contribution in [0.1, 0.15) is 59.2 Å². The standard InChI is InChI=1S/C22H26ClIN2O/c1-6-9-10-18-13(4)25-14(5)19(20(18)23)22(27)26-21-15(7-2)11-17(24)12-16(21)8-3/h6,9,11-12H,7-8,10H2,1-5H3,(H,26,27). The lowest BCUT2D eigenvalue weighted by Gasteiger charge is -2.18. The fourth-order valence-corrected chi connectivity index (χ4v) is 4.39. The highest BCUT2D eigenvalue weighted by molar-refractivity contribution is 14.1. The van der Waals surface area contributed by atoms with Gasteiger partial charge in [0, 0.05) is 15.0 Å². The maximum atomic E-state index is 13.2. The number of carbonyl (C=O) groups is 1. The number of nitrogens with zero attached hydrogens (tertiary/aromatic N) is 1. The third-order valence-corrected chi connectivity index (χ3v) is 5.71. The maximum absolute atomic E-state index is 13.2. The Labute approximate surface area is 180 Å². The van der Waals surface area contributed by atoms with E-state index in [4.69, 9.17) is 11.6 Å². The molecule has 1 N–H and O–H groups in total. The van der Waals surface area contributed by atoms with Gasteiger partial charge in [0.1, 0.15) is 0 Å². The quantitative estimate of drug-likeness (QED) is 0.369. The average molecular weight is 497 g/mol. The molecule has 27 heavy (non-hydrogen) atoms. The number of allylic oxidation sites excluding steroid dienone is 2. The van der Waals surface area contributed by atoms with Crippen LogP contribution in [0.15, 0.2) is 24.3 Å². The van der Waals surface area contributed by atoms with Crippen molar-refractivity contribution < 1.29 is 4.79 Å². The minimum absolute atomic E-state index is 0.197. The average Bonchev–Trinajstić information content (AvgIpc) is 2.62. The number of anilines is 1. The number of benzene rings is 1. The molecule has 1 aromatic carbocycles. The molecule has 1 aromatic heterocycles. The van der Waals surface area contributed by atoms with Gasteiger partial charge in [0.2, 0.25) is 0 Å². The summed E-state index contributed by atoms with van der Waals surface area (Å²) in [7, 11) is 0. The van der Waals surface area contributed by atoms with Crippen molar-refractivity contribution in [2.75, 3.05) is 5.32 Å². The number of halogens is 2.